The average Bonchev–Trinajstić information content (AvgIpc) is 3.18. The number of nitrogens with zero attached hydrogens (tertiary/aromatic N) is 5. The van der Waals surface area contributed by atoms with Crippen LogP contribution in [0.4, 0.5) is 4.79 Å². The Hall–Kier alpha value is -2.76. The molecule has 0 spiro atoms. The number of fused-ring (bicyclic) bond motifs is 4. The van der Waals surface area contributed by atoms with E-state index >= 15 is 0 Å². The standard InChI is InChI=1S/C18H21N5O5S/c1-20(2)17(24)16-15-14(13-9-22(16)18(25)23(13)28-29-26)12(19-21(15)3)10-27-11-7-5-4-6-8-11/h4-8,13,16,26H,9-10H2,1-3H3. The van der Waals surface area contributed by atoms with Gasteiger partial charge >= 0.3 is 6.03 Å². The molecular formula is C18H21N5O5S. The second-order valence-corrected chi connectivity index (χ2v) is 7.33. The third-order valence-corrected chi connectivity index (χ3v) is 5.33. The molecule has 4 rings (SSSR count). The number of rotatable bonds is 6. The van der Waals surface area contributed by atoms with Crippen LogP contribution >= 0.6 is 12.3 Å². The molecule has 2 atom stereocenters. The Labute approximate surface area is 171 Å². The number of para-hydroxylation sites is 1. The molecule has 2 aliphatic heterocycles. The van der Waals surface area contributed by atoms with E-state index in [4.69, 9.17) is 13.6 Å². The van der Waals surface area contributed by atoms with Crippen LogP contribution < -0.4 is 4.74 Å². The van der Waals surface area contributed by atoms with Gasteiger partial charge in [-0.15, -0.1) is 0 Å². The van der Waals surface area contributed by atoms with Crippen molar-refractivity contribution in [3.63, 3.8) is 0 Å². The number of hydrogen-bond acceptors (Lipinski definition) is 7. The fourth-order valence-corrected chi connectivity index (χ4v) is 4.10. The van der Waals surface area contributed by atoms with E-state index in [1.165, 1.54) is 9.80 Å². The molecule has 3 heterocycles. The molecule has 3 amide bonds. The fraction of sp³-hybridized carbons (Fsp3) is 0.389. The molecule has 1 aromatic heterocycles. The Bertz CT molecular complexity index is 934. The Morgan fingerprint density at radius 2 is 2.07 bits per heavy atom. The van der Waals surface area contributed by atoms with Crippen LogP contribution in [0, 0.1) is 0 Å². The van der Waals surface area contributed by atoms with E-state index in [-0.39, 0.29) is 31.4 Å². The first-order valence-corrected chi connectivity index (χ1v) is 9.66. The summed E-state index contributed by atoms with van der Waals surface area (Å²) in [6.45, 7) is 0.418. The van der Waals surface area contributed by atoms with Gasteiger partial charge in [-0.3, -0.25) is 9.48 Å². The monoisotopic (exact) mass is 419 g/mol. The molecule has 1 aromatic carbocycles. The lowest BCUT2D eigenvalue weighted by Crippen LogP contribution is -2.43. The molecule has 2 aliphatic rings. The van der Waals surface area contributed by atoms with Crippen LogP contribution in [-0.2, 0) is 22.7 Å². The first-order chi connectivity index (χ1) is 13.9. The molecule has 2 bridgehead atoms. The number of hydrogen-bond donors (Lipinski definition) is 1. The van der Waals surface area contributed by atoms with Crippen LogP contribution in [0.3, 0.4) is 0 Å². The van der Waals surface area contributed by atoms with Gasteiger partial charge < -0.3 is 19.1 Å². The topological polar surface area (TPSA) is 100 Å². The molecule has 0 aliphatic carbocycles. The highest BCUT2D eigenvalue weighted by molar-refractivity contribution is 7.88. The molecule has 2 aromatic rings. The number of aryl methyl sites for hydroxylation is 1. The van der Waals surface area contributed by atoms with Crippen molar-refractivity contribution in [2.75, 3.05) is 20.6 Å². The minimum absolute atomic E-state index is 0.0897. The number of aromatic nitrogens is 2. The molecule has 2 unspecified atom stereocenters. The lowest BCUT2D eigenvalue weighted by molar-refractivity contribution is -0.134. The number of hydroxylamine groups is 2. The second kappa shape index (κ2) is 7.58. The lowest BCUT2D eigenvalue weighted by atomic mass is 9.94. The van der Waals surface area contributed by atoms with E-state index in [2.05, 4.69) is 5.10 Å². The van der Waals surface area contributed by atoms with Crippen molar-refractivity contribution in [2.24, 2.45) is 7.05 Å². The van der Waals surface area contributed by atoms with Crippen molar-refractivity contribution < 1.29 is 23.2 Å². The van der Waals surface area contributed by atoms with Crippen LogP contribution in [-0.4, -0.2) is 61.8 Å². The summed E-state index contributed by atoms with van der Waals surface area (Å²) in [5.74, 6) is 0.446. The van der Waals surface area contributed by atoms with E-state index in [0.717, 1.165) is 5.06 Å². The fourth-order valence-electron chi connectivity index (χ4n) is 3.86. The van der Waals surface area contributed by atoms with Gasteiger partial charge in [-0.05, 0) is 12.1 Å². The first-order valence-electron chi connectivity index (χ1n) is 8.96. The van der Waals surface area contributed by atoms with E-state index in [0.29, 0.717) is 22.7 Å². The number of carbonyl (C=O) groups is 2. The van der Waals surface area contributed by atoms with Gasteiger partial charge in [0.1, 0.15) is 24.1 Å². The van der Waals surface area contributed by atoms with Crippen molar-refractivity contribution in [3.05, 3.63) is 47.3 Å². The predicted molar refractivity (Wildman–Crippen MR) is 103 cm³/mol. The molecule has 1 fully saturated rings. The minimum Gasteiger partial charge on any atom is -0.487 e. The number of carbonyl (C=O) groups excluding carboxylic acids is 2. The molecule has 1 N–H and O–H groups in total. The van der Waals surface area contributed by atoms with Gasteiger partial charge in [-0.25, -0.2) is 4.79 Å². The van der Waals surface area contributed by atoms with E-state index in [9.17, 15) is 9.59 Å². The highest BCUT2D eigenvalue weighted by Gasteiger charge is 2.54. The Morgan fingerprint density at radius 3 is 2.72 bits per heavy atom. The average molecular weight is 419 g/mol. The van der Waals surface area contributed by atoms with Gasteiger partial charge in [-0.2, -0.15) is 14.4 Å². The summed E-state index contributed by atoms with van der Waals surface area (Å²) in [6, 6.07) is 7.50. The van der Waals surface area contributed by atoms with Crippen LogP contribution in [0.1, 0.15) is 29.0 Å². The molecule has 10 nitrogen and oxygen atoms in total. The van der Waals surface area contributed by atoms with Crippen LogP contribution in [0.25, 0.3) is 0 Å². The van der Waals surface area contributed by atoms with Gasteiger partial charge in [0, 0.05) is 26.7 Å². The highest BCUT2D eigenvalue weighted by atomic mass is 32.2. The summed E-state index contributed by atoms with van der Waals surface area (Å²) in [4.78, 5) is 28.7. The molecule has 0 saturated carbocycles. The van der Waals surface area contributed by atoms with Crippen molar-refractivity contribution in [1.29, 1.82) is 0 Å². The molecule has 29 heavy (non-hydrogen) atoms. The normalized spacial score (nSPS) is 20.1. The quantitative estimate of drug-likeness (QED) is 0.715. The lowest BCUT2D eigenvalue weighted by Gasteiger charge is -2.32. The van der Waals surface area contributed by atoms with Crippen molar-refractivity contribution in [1.82, 2.24) is 24.6 Å². The second-order valence-electron chi connectivity index (χ2n) is 7.03. The third-order valence-electron chi connectivity index (χ3n) is 5.10. The highest BCUT2D eigenvalue weighted by Crippen LogP contribution is 2.46. The van der Waals surface area contributed by atoms with Gasteiger partial charge in [0.15, 0.2) is 18.4 Å². The molecule has 1 saturated heterocycles. The zero-order valence-corrected chi connectivity index (χ0v) is 17.0. The van der Waals surface area contributed by atoms with Crippen LogP contribution in [0.2, 0.25) is 0 Å². The van der Waals surface area contributed by atoms with Gasteiger partial charge in [-0.1, -0.05) is 18.2 Å². The maximum Gasteiger partial charge on any atom is 0.346 e. The maximum atomic E-state index is 12.9. The van der Waals surface area contributed by atoms with Crippen molar-refractivity contribution >= 4 is 24.3 Å². The van der Waals surface area contributed by atoms with Gasteiger partial charge in [0.2, 0.25) is 0 Å². The third kappa shape index (κ3) is 3.20. The Morgan fingerprint density at radius 1 is 1.34 bits per heavy atom. The summed E-state index contributed by atoms with van der Waals surface area (Å²) < 4.78 is 21.8. The Kier molecular flexibility index (Phi) is 5.11. The van der Waals surface area contributed by atoms with E-state index in [1.807, 2.05) is 30.3 Å². The smallest absolute Gasteiger partial charge is 0.346 e. The zero-order chi connectivity index (χ0) is 20.7. The predicted octanol–water partition coefficient (Wildman–Crippen LogP) is 1.97. The number of amides is 3. The van der Waals surface area contributed by atoms with Gasteiger partial charge in [0.25, 0.3) is 5.91 Å². The number of urea groups is 1. The molecule has 0 radical (unpaired) electrons. The molecular weight excluding hydrogens is 398 g/mol. The summed E-state index contributed by atoms with van der Waals surface area (Å²) in [5.41, 5.74) is 1.94. The SMILES string of the molecule is CN(C)C(=O)C1c2c(c(COc3ccccc3)nn2C)C2CN1C(=O)N2OSO. The number of likely N-dealkylation sites (N-methyl/N-ethyl adjacent to an activating group) is 1. The molecule has 11 heteroatoms. The summed E-state index contributed by atoms with van der Waals surface area (Å²) in [6.07, 6.45) is 0. The maximum absolute atomic E-state index is 12.9. The van der Waals surface area contributed by atoms with Gasteiger partial charge in [0.05, 0.1) is 12.2 Å². The summed E-state index contributed by atoms with van der Waals surface area (Å²) in [5, 5.41) is 5.65. The zero-order valence-electron chi connectivity index (χ0n) is 16.2. The summed E-state index contributed by atoms with van der Waals surface area (Å²) in [7, 11) is 5.02. The van der Waals surface area contributed by atoms with Crippen molar-refractivity contribution in [3.8, 4) is 5.75 Å². The summed E-state index contributed by atoms with van der Waals surface area (Å²) >= 11 is 0.0897. The number of ether oxygens (including phenoxy) is 1. The minimum atomic E-state index is -0.830. The largest absolute Gasteiger partial charge is 0.487 e. The van der Waals surface area contributed by atoms with Crippen molar-refractivity contribution in [2.45, 2.75) is 18.7 Å². The van der Waals surface area contributed by atoms with E-state index in [1.54, 1.807) is 25.8 Å². The molecule has 154 valence electrons. The first kappa shape index (κ1) is 19.6. The van der Waals surface area contributed by atoms with E-state index < -0.39 is 18.1 Å². The van der Waals surface area contributed by atoms with Crippen LogP contribution in [0.15, 0.2) is 30.3 Å². The van der Waals surface area contributed by atoms with Crippen LogP contribution in [0.5, 0.6) is 5.75 Å². The Balaban J connectivity index is 1.76. The number of benzene rings is 1.